The lowest BCUT2D eigenvalue weighted by Crippen LogP contribution is -1.87. The highest BCUT2D eigenvalue weighted by Gasteiger charge is 2.07. The van der Waals surface area contributed by atoms with Gasteiger partial charge in [-0.25, -0.2) is 9.97 Å². The largest absolute Gasteiger partial charge is 0.332 e. The highest BCUT2D eigenvalue weighted by Crippen LogP contribution is 2.21. The molecule has 0 amide bonds. The fraction of sp³-hybridized carbons (Fsp3) is 0.167. The first kappa shape index (κ1) is 7.70. The number of aromatic nitrogens is 4. The summed E-state index contributed by atoms with van der Waals surface area (Å²) in [6, 6.07) is 0. The highest BCUT2D eigenvalue weighted by molar-refractivity contribution is 7.09. The molecule has 0 atom stereocenters. The molecule has 0 saturated heterocycles. The molecule has 0 saturated carbocycles. The lowest BCUT2D eigenvalue weighted by atomic mass is 10.5. The summed E-state index contributed by atoms with van der Waals surface area (Å²) in [5.41, 5.74) is 0.930. The molecule has 6 heteroatoms. The maximum atomic E-state index is 5.59. The Bertz CT molecular complexity index is 394. The molecule has 2 aromatic rings. The van der Waals surface area contributed by atoms with Crippen molar-refractivity contribution < 1.29 is 0 Å². The minimum atomic E-state index is 0.288. The van der Waals surface area contributed by atoms with Gasteiger partial charge in [-0.2, -0.15) is 4.37 Å². The van der Waals surface area contributed by atoms with E-state index in [9.17, 15) is 0 Å². The molecule has 0 aliphatic rings. The van der Waals surface area contributed by atoms with Gasteiger partial charge in [0.1, 0.15) is 0 Å². The van der Waals surface area contributed by atoms with E-state index in [4.69, 9.17) is 11.6 Å². The van der Waals surface area contributed by atoms with Crippen molar-refractivity contribution in [3.8, 4) is 10.7 Å². The monoisotopic (exact) mass is 200 g/mol. The summed E-state index contributed by atoms with van der Waals surface area (Å²) in [5, 5.41) is 1.08. The van der Waals surface area contributed by atoms with Crippen LogP contribution in [-0.4, -0.2) is 18.9 Å². The number of nitrogens with zero attached hydrogens (tertiary/aromatic N) is 4. The van der Waals surface area contributed by atoms with E-state index in [0.29, 0.717) is 0 Å². The van der Waals surface area contributed by atoms with Crippen LogP contribution in [0.4, 0.5) is 0 Å². The van der Waals surface area contributed by atoms with Crippen molar-refractivity contribution in [2.75, 3.05) is 0 Å². The smallest absolute Gasteiger partial charge is 0.234 e. The van der Waals surface area contributed by atoms with Crippen LogP contribution in [0.2, 0.25) is 5.28 Å². The zero-order valence-corrected chi connectivity index (χ0v) is 7.80. The molecule has 0 unspecified atom stereocenters. The summed E-state index contributed by atoms with van der Waals surface area (Å²) in [7, 11) is 1.90. The van der Waals surface area contributed by atoms with Gasteiger partial charge in [0.05, 0.1) is 18.2 Å². The van der Waals surface area contributed by atoms with Gasteiger partial charge in [-0.1, -0.05) is 0 Å². The number of imidazole rings is 1. The van der Waals surface area contributed by atoms with Gasteiger partial charge in [-0.05, 0) is 23.1 Å². The zero-order valence-electron chi connectivity index (χ0n) is 6.23. The fourth-order valence-corrected chi connectivity index (χ4v) is 1.73. The van der Waals surface area contributed by atoms with Crippen LogP contribution in [0.25, 0.3) is 10.7 Å². The van der Waals surface area contributed by atoms with E-state index in [1.165, 1.54) is 11.5 Å². The highest BCUT2D eigenvalue weighted by atomic mass is 35.5. The quantitative estimate of drug-likeness (QED) is 0.702. The molecule has 0 fully saturated rings. The topological polar surface area (TPSA) is 43.6 Å². The fourth-order valence-electron chi connectivity index (χ4n) is 0.873. The second kappa shape index (κ2) is 2.84. The summed E-state index contributed by atoms with van der Waals surface area (Å²) in [4.78, 5) is 7.99. The molecule has 0 aliphatic heterocycles. The molecule has 62 valence electrons. The van der Waals surface area contributed by atoms with Crippen LogP contribution in [0.3, 0.4) is 0 Å². The predicted molar refractivity (Wildman–Crippen MR) is 47.1 cm³/mol. The first-order valence-corrected chi connectivity index (χ1v) is 4.38. The minimum Gasteiger partial charge on any atom is -0.332 e. The molecule has 0 aromatic carbocycles. The van der Waals surface area contributed by atoms with Gasteiger partial charge in [0, 0.05) is 7.05 Å². The summed E-state index contributed by atoms with van der Waals surface area (Å²) in [6.07, 6.45) is 3.45. The number of aryl methyl sites for hydroxylation is 1. The number of hydrogen-bond donors (Lipinski definition) is 0. The summed E-state index contributed by atoms with van der Waals surface area (Å²) in [5.74, 6) is 0. The zero-order chi connectivity index (χ0) is 8.55. The average molecular weight is 201 g/mol. The maximum absolute atomic E-state index is 5.59. The molecule has 0 aliphatic carbocycles. The molecule has 12 heavy (non-hydrogen) atoms. The van der Waals surface area contributed by atoms with Crippen LogP contribution < -0.4 is 0 Å². The molecule has 0 radical (unpaired) electrons. The number of hydrogen-bond acceptors (Lipinski definition) is 4. The molecule has 4 nitrogen and oxygen atoms in total. The summed E-state index contributed by atoms with van der Waals surface area (Å²) < 4.78 is 5.74. The Morgan fingerprint density at radius 3 is 2.92 bits per heavy atom. The van der Waals surface area contributed by atoms with Gasteiger partial charge < -0.3 is 4.57 Å². The van der Waals surface area contributed by atoms with E-state index in [0.717, 1.165) is 10.7 Å². The van der Waals surface area contributed by atoms with Crippen LogP contribution in [0.15, 0.2) is 12.5 Å². The molecule has 2 aromatic heterocycles. The van der Waals surface area contributed by atoms with Crippen LogP contribution >= 0.6 is 23.1 Å². The third-order valence-corrected chi connectivity index (χ3v) is 2.44. The van der Waals surface area contributed by atoms with Crippen LogP contribution in [0, 0.1) is 0 Å². The van der Waals surface area contributed by atoms with Gasteiger partial charge >= 0.3 is 0 Å². The van der Waals surface area contributed by atoms with Gasteiger partial charge in [-0.3, -0.25) is 0 Å². The van der Waals surface area contributed by atoms with Crippen molar-refractivity contribution in [1.82, 2.24) is 18.9 Å². The van der Waals surface area contributed by atoms with Crippen LogP contribution in [0.1, 0.15) is 0 Å². The molecule has 0 bridgehead atoms. The third-order valence-electron chi connectivity index (χ3n) is 1.44. The Morgan fingerprint density at radius 1 is 1.58 bits per heavy atom. The first-order chi connectivity index (χ1) is 5.77. The Balaban J connectivity index is 2.50. The molecule has 2 rings (SSSR count). The van der Waals surface area contributed by atoms with Crippen molar-refractivity contribution in [1.29, 1.82) is 0 Å². The third kappa shape index (κ3) is 1.21. The maximum Gasteiger partial charge on any atom is 0.234 e. The number of halogens is 1. The van der Waals surface area contributed by atoms with E-state index in [-0.39, 0.29) is 5.28 Å². The van der Waals surface area contributed by atoms with E-state index >= 15 is 0 Å². The summed E-state index contributed by atoms with van der Waals surface area (Å²) in [6.45, 7) is 0. The normalized spacial score (nSPS) is 10.5. The van der Waals surface area contributed by atoms with Gasteiger partial charge in [0.25, 0.3) is 0 Å². The van der Waals surface area contributed by atoms with Crippen molar-refractivity contribution in [2.24, 2.45) is 7.05 Å². The Kier molecular flexibility index (Phi) is 1.82. The molecular formula is C6H5ClN4S. The molecular weight excluding hydrogens is 196 g/mol. The van der Waals surface area contributed by atoms with Gasteiger partial charge in [0.2, 0.25) is 5.28 Å². The first-order valence-electron chi connectivity index (χ1n) is 3.23. The van der Waals surface area contributed by atoms with Gasteiger partial charge in [0.15, 0.2) is 5.01 Å². The predicted octanol–water partition coefficient (Wildman–Crippen LogP) is 1.59. The van der Waals surface area contributed by atoms with Crippen molar-refractivity contribution in [3.05, 3.63) is 17.8 Å². The Labute approximate surface area is 78.0 Å². The standard InChI is InChI=1S/C6H5ClN4S/c1-11-3-8-2-4(11)5-9-6(7)10-12-5/h2-3H,1H3. The SMILES string of the molecule is Cn1cncc1-c1nc(Cl)ns1. The summed E-state index contributed by atoms with van der Waals surface area (Å²) >= 11 is 6.86. The molecule has 0 N–H and O–H groups in total. The van der Waals surface area contributed by atoms with Crippen molar-refractivity contribution in [2.45, 2.75) is 0 Å². The molecule has 2 heterocycles. The molecule has 0 spiro atoms. The lowest BCUT2D eigenvalue weighted by molar-refractivity contribution is 0.920. The average Bonchev–Trinajstić information content (AvgIpc) is 2.58. The van der Waals surface area contributed by atoms with E-state index in [2.05, 4.69) is 14.3 Å². The van der Waals surface area contributed by atoms with Crippen molar-refractivity contribution in [3.63, 3.8) is 0 Å². The van der Waals surface area contributed by atoms with Crippen LogP contribution in [-0.2, 0) is 7.05 Å². The van der Waals surface area contributed by atoms with Crippen LogP contribution in [0.5, 0.6) is 0 Å². The number of rotatable bonds is 1. The minimum absolute atomic E-state index is 0.288. The van der Waals surface area contributed by atoms with Crippen molar-refractivity contribution >= 4 is 23.1 Å². The lowest BCUT2D eigenvalue weighted by Gasteiger charge is -1.93. The van der Waals surface area contributed by atoms with E-state index < -0.39 is 0 Å². The second-order valence-corrected chi connectivity index (χ2v) is 3.35. The van der Waals surface area contributed by atoms with Gasteiger partial charge in [-0.15, -0.1) is 0 Å². The Morgan fingerprint density at radius 2 is 2.42 bits per heavy atom. The second-order valence-electron chi connectivity index (χ2n) is 2.26. The Hall–Kier alpha value is -0.940. The van der Waals surface area contributed by atoms with E-state index in [1.807, 2.05) is 11.6 Å². The van der Waals surface area contributed by atoms with E-state index in [1.54, 1.807) is 12.5 Å².